The highest BCUT2D eigenvalue weighted by molar-refractivity contribution is 5.48. The minimum absolute atomic E-state index is 0.0932. The predicted molar refractivity (Wildman–Crippen MR) is 76.9 cm³/mol. The molecule has 20 heavy (non-hydrogen) atoms. The molecule has 0 spiro atoms. The van der Waals surface area contributed by atoms with Crippen LogP contribution in [-0.2, 0) is 4.74 Å². The Labute approximate surface area is 118 Å². The molecule has 0 aromatic carbocycles. The maximum atomic E-state index is 10.8. The third-order valence-electron chi connectivity index (χ3n) is 3.59. The Balaban J connectivity index is 1.76. The zero-order valence-corrected chi connectivity index (χ0v) is 11.8. The maximum Gasteiger partial charge on any atom is 0.277 e. The first kappa shape index (κ1) is 14.7. The average molecular weight is 279 g/mol. The quantitative estimate of drug-likeness (QED) is 0.492. The Morgan fingerprint density at radius 2 is 2.20 bits per heavy atom. The molecule has 1 fully saturated rings. The lowest BCUT2D eigenvalue weighted by Crippen LogP contribution is -2.20. The molecule has 6 heteroatoms. The molecule has 1 aliphatic rings. The fraction of sp³-hybridized carbons (Fsp3) is 0.643. The van der Waals surface area contributed by atoms with Gasteiger partial charge in [-0.2, -0.15) is 0 Å². The van der Waals surface area contributed by atoms with Gasteiger partial charge in [0.2, 0.25) is 0 Å². The van der Waals surface area contributed by atoms with E-state index in [1.165, 1.54) is 31.5 Å². The Morgan fingerprint density at radius 1 is 1.45 bits per heavy atom. The molecule has 1 aromatic heterocycles. The van der Waals surface area contributed by atoms with Crippen LogP contribution in [0, 0.1) is 17.0 Å². The van der Waals surface area contributed by atoms with Gasteiger partial charge in [0.1, 0.15) is 5.82 Å². The zero-order chi connectivity index (χ0) is 14.4. The van der Waals surface area contributed by atoms with E-state index < -0.39 is 0 Å². The topological polar surface area (TPSA) is 77.3 Å². The maximum absolute atomic E-state index is 10.8. The van der Waals surface area contributed by atoms with Crippen molar-refractivity contribution in [3.8, 4) is 0 Å². The molecule has 1 N–H and O–H groups in total. The molecule has 0 atom stereocenters. The average Bonchev–Trinajstić information content (AvgIpc) is 2.46. The monoisotopic (exact) mass is 279 g/mol. The third-order valence-corrected chi connectivity index (χ3v) is 3.59. The summed E-state index contributed by atoms with van der Waals surface area (Å²) in [6.07, 6.45) is 8.01. The van der Waals surface area contributed by atoms with Crippen molar-refractivity contribution in [3.63, 3.8) is 0 Å². The van der Waals surface area contributed by atoms with Gasteiger partial charge in [0.15, 0.2) is 0 Å². The summed E-state index contributed by atoms with van der Waals surface area (Å²) in [6, 6.07) is 1.47. The van der Waals surface area contributed by atoms with E-state index in [0.717, 1.165) is 12.8 Å². The number of hydrogen-bond donors (Lipinski definition) is 1. The first-order valence-electron chi connectivity index (χ1n) is 7.13. The Kier molecular flexibility index (Phi) is 5.29. The second-order valence-electron chi connectivity index (χ2n) is 5.17. The van der Waals surface area contributed by atoms with Crippen LogP contribution in [-0.4, -0.2) is 29.2 Å². The van der Waals surface area contributed by atoms with E-state index in [9.17, 15) is 10.1 Å². The molecular weight excluding hydrogens is 258 g/mol. The molecule has 0 aliphatic heterocycles. The minimum atomic E-state index is -0.388. The summed E-state index contributed by atoms with van der Waals surface area (Å²) in [5, 5.41) is 13.9. The largest absolute Gasteiger partial charge is 0.376 e. The van der Waals surface area contributed by atoms with Gasteiger partial charge in [-0.05, 0) is 19.8 Å². The number of hydrogen-bond acceptors (Lipinski definition) is 5. The lowest BCUT2D eigenvalue weighted by Gasteiger charge is -2.22. The van der Waals surface area contributed by atoms with Gasteiger partial charge in [0.05, 0.1) is 23.7 Å². The summed E-state index contributed by atoms with van der Waals surface area (Å²) in [4.78, 5) is 14.6. The number of rotatable bonds is 6. The Hall–Kier alpha value is -1.69. The van der Waals surface area contributed by atoms with Gasteiger partial charge in [-0.15, -0.1) is 0 Å². The van der Waals surface area contributed by atoms with Crippen molar-refractivity contribution >= 4 is 11.5 Å². The summed E-state index contributed by atoms with van der Waals surface area (Å²) >= 11 is 0. The van der Waals surface area contributed by atoms with Crippen LogP contribution in [0.25, 0.3) is 0 Å². The summed E-state index contributed by atoms with van der Waals surface area (Å²) < 4.78 is 5.78. The van der Waals surface area contributed by atoms with Crippen LogP contribution in [0.2, 0.25) is 0 Å². The number of aromatic nitrogens is 1. The Morgan fingerprint density at radius 3 is 2.90 bits per heavy atom. The van der Waals surface area contributed by atoms with Gasteiger partial charge >= 0.3 is 0 Å². The fourth-order valence-corrected chi connectivity index (χ4v) is 2.44. The first-order chi connectivity index (χ1) is 9.66. The molecule has 110 valence electrons. The van der Waals surface area contributed by atoms with E-state index in [2.05, 4.69) is 10.3 Å². The molecule has 1 aliphatic carbocycles. The summed E-state index contributed by atoms with van der Waals surface area (Å²) in [5.74, 6) is 0.523. The van der Waals surface area contributed by atoms with Crippen molar-refractivity contribution in [3.05, 3.63) is 27.9 Å². The molecule has 2 rings (SSSR count). The zero-order valence-electron chi connectivity index (χ0n) is 11.8. The van der Waals surface area contributed by atoms with Crippen molar-refractivity contribution in [2.45, 2.75) is 45.1 Å². The highest BCUT2D eigenvalue weighted by atomic mass is 16.6. The lowest BCUT2D eigenvalue weighted by molar-refractivity contribution is -0.385. The van der Waals surface area contributed by atoms with Crippen LogP contribution >= 0.6 is 0 Å². The number of nitrogens with zero attached hydrogens (tertiary/aromatic N) is 2. The van der Waals surface area contributed by atoms with Crippen molar-refractivity contribution in [1.82, 2.24) is 4.98 Å². The van der Waals surface area contributed by atoms with Crippen LogP contribution in [0.3, 0.4) is 0 Å². The van der Waals surface area contributed by atoms with E-state index in [-0.39, 0.29) is 10.6 Å². The number of aryl methyl sites for hydroxylation is 1. The van der Waals surface area contributed by atoms with Gasteiger partial charge in [0.25, 0.3) is 5.69 Å². The smallest absolute Gasteiger partial charge is 0.277 e. The standard InChI is InChI=1S/C14H21N3O3/c1-11-10-16-14(9-13(11)17(18)19)15-7-8-20-12-5-3-2-4-6-12/h9-10,12H,2-8H2,1H3,(H,15,16). The highest BCUT2D eigenvalue weighted by Gasteiger charge is 2.14. The van der Waals surface area contributed by atoms with Gasteiger partial charge in [-0.3, -0.25) is 10.1 Å². The number of anilines is 1. The first-order valence-corrected chi connectivity index (χ1v) is 7.13. The normalized spacial score (nSPS) is 16.1. The number of ether oxygens (including phenoxy) is 1. The van der Waals surface area contributed by atoms with Gasteiger partial charge < -0.3 is 10.1 Å². The van der Waals surface area contributed by atoms with Crippen LogP contribution in [0.5, 0.6) is 0 Å². The van der Waals surface area contributed by atoms with Crippen molar-refractivity contribution in [1.29, 1.82) is 0 Å². The molecule has 0 radical (unpaired) electrons. The summed E-state index contributed by atoms with van der Waals surface area (Å²) in [5.41, 5.74) is 0.662. The van der Waals surface area contributed by atoms with Crippen LogP contribution in [0.15, 0.2) is 12.3 Å². The molecule has 1 saturated carbocycles. The van der Waals surface area contributed by atoms with Gasteiger partial charge in [-0.25, -0.2) is 4.98 Å². The van der Waals surface area contributed by atoms with Crippen LogP contribution in [0.1, 0.15) is 37.7 Å². The highest BCUT2D eigenvalue weighted by Crippen LogP contribution is 2.21. The van der Waals surface area contributed by atoms with E-state index >= 15 is 0 Å². The van der Waals surface area contributed by atoms with E-state index in [4.69, 9.17) is 4.74 Å². The molecule has 0 unspecified atom stereocenters. The molecule has 0 bridgehead atoms. The number of pyridine rings is 1. The van der Waals surface area contributed by atoms with Gasteiger partial charge in [-0.1, -0.05) is 19.3 Å². The SMILES string of the molecule is Cc1cnc(NCCOC2CCCCC2)cc1[N+](=O)[O-]. The minimum Gasteiger partial charge on any atom is -0.376 e. The van der Waals surface area contributed by atoms with E-state index in [1.807, 2.05) is 0 Å². The molecule has 6 nitrogen and oxygen atoms in total. The molecule has 1 aromatic rings. The fourth-order valence-electron chi connectivity index (χ4n) is 2.44. The Bertz CT molecular complexity index is 459. The van der Waals surface area contributed by atoms with Crippen molar-refractivity contribution < 1.29 is 9.66 Å². The molecule has 0 saturated heterocycles. The van der Waals surface area contributed by atoms with Crippen molar-refractivity contribution in [2.24, 2.45) is 0 Å². The lowest BCUT2D eigenvalue weighted by atomic mass is 9.98. The molecule has 0 amide bonds. The van der Waals surface area contributed by atoms with E-state index in [1.54, 1.807) is 6.92 Å². The summed E-state index contributed by atoms with van der Waals surface area (Å²) in [7, 11) is 0. The van der Waals surface area contributed by atoms with E-state index in [0.29, 0.717) is 30.6 Å². The van der Waals surface area contributed by atoms with Crippen LogP contribution < -0.4 is 5.32 Å². The third kappa shape index (κ3) is 4.16. The number of nitrogens with one attached hydrogen (secondary N) is 1. The summed E-state index contributed by atoms with van der Waals surface area (Å²) in [6.45, 7) is 2.90. The van der Waals surface area contributed by atoms with Gasteiger partial charge in [0, 0.05) is 18.3 Å². The molecular formula is C14H21N3O3. The van der Waals surface area contributed by atoms with Crippen LogP contribution in [0.4, 0.5) is 11.5 Å². The predicted octanol–water partition coefficient (Wildman–Crippen LogP) is 3.06. The molecule has 1 heterocycles. The number of nitro groups is 1. The van der Waals surface area contributed by atoms with Crippen molar-refractivity contribution in [2.75, 3.05) is 18.5 Å². The second kappa shape index (κ2) is 7.19. The second-order valence-corrected chi connectivity index (χ2v) is 5.17.